The van der Waals surface area contributed by atoms with Crippen LogP contribution in [0.15, 0.2) is 78.9 Å². The molecule has 9 heteroatoms. The first-order valence-electron chi connectivity index (χ1n) is 9.45. The fourth-order valence-corrected chi connectivity index (χ4v) is 3.41. The van der Waals surface area contributed by atoms with Gasteiger partial charge < -0.3 is 0 Å². The number of benzene rings is 3. The summed E-state index contributed by atoms with van der Waals surface area (Å²) < 4.78 is 0. The number of aromatic nitrogens is 3. The molecule has 152 valence electrons. The van der Waals surface area contributed by atoms with Crippen LogP contribution in [0.2, 0.25) is 0 Å². The molecule has 0 fully saturated rings. The summed E-state index contributed by atoms with van der Waals surface area (Å²) in [4.78, 5) is 45.5. The van der Waals surface area contributed by atoms with Gasteiger partial charge in [0.15, 0.2) is 0 Å². The Labute approximate surface area is 176 Å². The first-order chi connectivity index (χ1) is 15.1. The Morgan fingerprint density at radius 3 is 2.16 bits per heavy atom. The largest absolute Gasteiger partial charge is 0.455 e. The number of hydrogen-bond donors (Lipinski definition) is 0. The molecule has 2 heterocycles. The van der Waals surface area contributed by atoms with Crippen LogP contribution < -0.4 is 4.84 Å². The van der Waals surface area contributed by atoms with E-state index in [1.54, 1.807) is 72.8 Å². The zero-order valence-electron chi connectivity index (χ0n) is 16.1. The minimum atomic E-state index is -0.950. The molecule has 5 rings (SSSR count). The molecule has 0 saturated heterocycles. The molecule has 31 heavy (non-hydrogen) atoms. The van der Waals surface area contributed by atoms with Crippen LogP contribution in [0.1, 0.15) is 26.3 Å². The van der Waals surface area contributed by atoms with Gasteiger partial charge in [0.25, 0.3) is 11.8 Å². The smallest absolute Gasteiger partial charge is 0.296 e. The molecule has 9 nitrogen and oxygen atoms in total. The minimum absolute atomic E-state index is 0.0578. The maximum absolute atomic E-state index is 13.2. The van der Waals surface area contributed by atoms with E-state index in [0.29, 0.717) is 16.6 Å². The van der Waals surface area contributed by atoms with E-state index in [-0.39, 0.29) is 17.7 Å². The van der Waals surface area contributed by atoms with Crippen molar-refractivity contribution in [3.05, 3.63) is 95.6 Å². The Morgan fingerprint density at radius 2 is 1.45 bits per heavy atom. The highest BCUT2D eigenvalue weighted by molar-refractivity contribution is 6.21. The molecule has 0 unspecified atom stereocenters. The number of hydrogen-bond acceptors (Lipinski definition) is 6. The van der Waals surface area contributed by atoms with Gasteiger partial charge in [-0.2, -0.15) is 5.01 Å². The van der Waals surface area contributed by atoms with Crippen molar-refractivity contribution in [1.29, 1.82) is 0 Å². The Kier molecular flexibility index (Phi) is 4.40. The number of imide groups is 1. The number of hydrazine groups is 1. The molecule has 3 amide bonds. The maximum atomic E-state index is 13.2. The van der Waals surface area contributed by atoms with Crippen LogP contribution in [-0.2, 0) is 6.54 Å². The van der Waals surface area contributed by atoms with Gasteiger partial charge in [-0.3, -0.25) is 14.4 Å². The van der Waals surface area contributed by atoms with Crippen LogP contribution in [0, 0.1) is 0 Å². The van der Waals surface area contributed by atoms with Crippen molar-refractivity contribution < 1.29 is 19.2 Å². The summed E-state index contributed by atoms with van der Waals surface area (Å²) in [6.07, 6.45) is -0.950. The molecule has 1 aliphatic rings. The third-order valence-electron chi connectivity index (χ3n) is 4.89. The van der Waals surface area contributed by atoms with Crippen molar-refractivity contribution >= 4 is 28.9 Å². The average molecular weight is 413 g/mol. The predicted molar refractivity (Wildman–Crippen MR) is 108 cm³/mol. The fourth-order valence-electron chi connectivity index (χ4n) is 3.41. The average Bonchev–Trinajstić information content (AvgIpc) is 3.32. The standard InChI is InChI=1S/C22H15N5O4/c28-20-16-10-4-5-11-17(16)21(29)26(20)25(14-15-8-2-1-3-9-15)22(30)31-27-19-13-7-6-12-18(19)23-24-27/h1-13H,14H2. The second kappa shape index (κ2) is 7.38. The molecule has 0 atom stereocenters. The quantitative estimate of drug-likeness (QED) is 0.377. The van der Waals surface area contributed by atoms with E-state index in [9.17, 15) is 14.4 Å². The molecule has 4 aromatic rings. The third-order valence-corrected chi connectivity index (χ3v) is 4.89. The van der Waals surface area contributed by atoms with Gasteiger partial charge in [0.1, 0.15) is 11.0 Å². The van der Waals surface area contributed by atoms with E-state index in [2.05, 4.69) is 10.3 Å². The van der Waals surface area contributed by atoms with E-state index >= 15 is 0 Å². The van der Waals surface area contributed by atoms with Crippen molar-refractivity contribution in [2.45, 2.75) is 6.54 Å². The zero-order chi connectivity index (χ0) is 21.4. The lowest BCUT2D eigenvalue weighted by molar-refractivity contribution is -0.0105. The van der Waals surface area contributed by atoms with Gasteiger partial charge in [-0.05, 0) is 35.0 Å². The number of carbonyl (C=O) groups is 3. The monoisotopic (exact) mass is 413 g/mol. The lowest BCUT2D eigenvalue weighted by Gasteiger charge is -2.28. The van der Waals surface area contributed by atoms with E-state index in [1.807, 2.05) is 6.07 Å². The van der Waals surface area contributed by atoms with Gasteiger partial charge >= 0.3 is 6.09 Å². The van der Waals surface area contributed by atoms with Crippen molar-refractivity contribution in [3.8, 4) is 0 Å². The number of amides is 3. The second-order valence-electron chi connectivity index (χ2n) is 6.82. The molecule has 0 N–H and O–H groups in total. The third kappa shape index (κ3) is 3.18. The number of carbonyl (C=O) groups excluding carboxylic acids is 3. The molecule has 0 bridgehead atoms. The summed E-state index contributed by atoms with van der Waals surface area (Å²) >= 11 is 0. The van der Waals surface area contributed by atoms with Gasteiger partial charge in [-0.25, -0.2) is 9.80 Å². The lowest BCUT2D eigenvalue weighted by Crippen LogP contribution is -2.51. The van der Waals surface area contributed by atoms with Gasteiger partial charge in [0.2, 0.25) is 0 Å². The van der Waals surface area contributed by atoms with Crippen molar-refractivity contribution in [1.82, 2.24) is 25.2 Å². The number of nitrogens with zero attached hydrogens (tertiary/aromatic N) is 5. The summed E-state index contributed by atoms with van der Waals surface area (Å²) in [5, 5.41) is 9.56. The normalized spacial score (nSPS) is 12.8. The van der Waals surface area contributed by atoms with Crippen LogP contribution in [0.4, 0.5) is 4.79 Å². The van der Waals surface area contributed by atoms with Crippen molar-refractivity contribution in [2.75, 3.05) is 0 Å². The van der Waals surface area contributed by atoms with Crippen LogP contribution in [-0.4, -0.2) is 43.1 Å². The predicted octanol–water partition coefficient (Wildman–Crippen LogP) is 2.69. The number of para-hydroxylation sites is 1. The highest BCUT2D eigenvalue weighted by atomic mass is 16.7. The van der Waals surface area contributed by atoms with Crippen molar-refractivity contribution in [3.63, 3.8) is 0 Å². The topological polar surface area (TPSA) is 97.6 Å². The molecular weight excluding hydrogens is 398 g/mol. The molecule has 0 saturated carbocycles. The first kappa shape index (κ1) is 18.5. The summed E-state index contributed by atoms with van der Waals surface area (Å²) in [5.74, 6) is -1.20. The van der Waals surface area contributed by atoms with E-state index in [4.69, 9.17) is 4.84 Å². The molecule has 1 aliphatic heterocycles. The van der Waals surface area contributed by atoms with Crippen LogP contribution >= 0.6 is 0 Å². The molecule has 3 aromatic carbocycles. The van der Waals surface area contributed by atoms with E-state index in [0.717, 1.165) is 14.9 Å². The molecule has 0 spiro atoms. The van der Waals surface area contributed by atoms with E-state index in [1.165, 1.54) is 0 Å². The highest BCUT2D eigenvalue weighted by Gasteiger charge is 2.42. The molecule has 1 aromatic heterocycles. The molecule has 0 radical (unpaired) electrons. The van der Waals surface area contributed by atoms with Gasteiger partial charge in [0.05, 0.1) is 17.7 Å². The Morgan fingerprint density at radius 1 is 0.839 bits per heavy atom. The lowest BCUT2D eigenvalue weighted by atomic mass is 10.1. The van der Waals surface area contributed by atoms with Crippen molar-refractivity contribution in [2.24, 2.45) is 0 Å². The summed E-state index contributed by atoms with van der Waals surface area (Å²) in [6, 6.07) is 22.3. The van der Waals surface area contributed by atoms with Gasteiger partial charge in [0, 0.05) is 0 Å². The summed E-state index contributed by atoms with van der Waals surface area (Å²) in [6.45, 7) is -0.0578. The van der Waals surface area contributed by atoms with Gasteiger partial charge in [-0.1, -0.05) is 59.4 Å². The number of fused-ring (bicyclic) bond motifs is 2. The first-order valence-corrected chi connectivity index (χ1v) is 9.45. The zero-order valence-corrected chi connectivity index (χ0v) is 16.1. The fraction of sp³-hybridized carbons (Fsp3) is 0.0455. The van der Waals surface area contributed by atoms with Gasteiger partial charge in [-0.15, -0.1) is 5.10 Å². The summed E-state index contributed by atoms with van der Waals surface area (Å²) in [5.41, 5.74) is 2.16. The number of rotatable bonds is 4. The highest BCUT2D eigenvalue weighted by Crippen LogP contribution is 2.25. The van der Waals surface area contributed by atoms with Crippen LogP contribution in [0.5, 0.6) is 0 Å². The maximum Gasteiger partial charge on any atom is 0.455 e. The van der Waals surface area contributed by atoms with Crippen LogP contribution in [0.3, 0.4) is 0 Å². The second-order valence-corrected chi connectivity index (χ2v) is 6.82. The SMILES string of the molecule is O=C(On1nnc2ccccc21)N(Cc1ccccc1)N1C(=O)c2ccccc2C1=O. The Balaban J connectivity index is 1.51. The minimum Gasteiger partial charge on any atom is -0.296 e. The summed E-state index contributed by atoms with van der Waals surface area (Å²) in [7, 11) is 0. The van der Waals surface area contributed by atoms with E-state index < -0.39 is 17.9 Å². The Bertz CT molecular complexity index is 1280. The Hall–Kier alpha value is -4.53. The molecular formula is C22H15N5O4. The van der Waals surface area contributed by atoms with Crippen LogP contribution in [0.25, 0.3) is 11.0 Å². The molecule has 0 aliphatic carbocycles.